The molecule has 0 bridgehead atoms. The molecular formula is C13H18BrN3O2. The Morgan fingerprint density at radius 1 is 1.32 bits per heavy atom. The number of carbonyl (C=O) groups is 2. The monoisotopic (exact) mass is 327 g/mol. The molecule has 6 heteroatoms. The molecule has 1 rings (SSSR count). The topological polar surface area (TPSA) is 71.1 Å². The Balaban J connectivity index is 2.27. The number of hydrogen-bond acceptors (Lipinski definition) is 3. The van der Waals surface area contributed by atoms with Gasteiger partial charge in [-0.25, -0.2) is 4.98 Å². The van der Waals surface area contributed by atoms with E-state index in [0.717, 1.165) is 0 Å². The zero-order valence-electron chi connectivity index (χ0n) is 11.1. The average molecular weight is 328 g/mol. The first kappa shape index (κ1) is 15.6. The predicted molar refractivity (Wildman–Crippen MR) is 76.7 cm³/mol. The van der Waals surface area contributed by atoms with E-state index in [-0.39, 0.29) is 18.2 Å². The number of nitrogens with zero attached hydrogens (tertiary/aromatic N) is 1. The van der Waals surface area contributed by atoms with Gasteiger partial charge >= 0.3 is 0 Å². The third kappa shape index (κ3) is 6.33. The van der Waals surface area contributed by atoms with Gasteiger partial charge in [0.15, 0.2) is 0 Å². The molecule has 5 nitrogen and oxygen atoms in total. The van der Waals surface area contributed by atoms with Gasteiger partial charge in [0, 0.05) is 25.7 Å². The molecule has 19 heavy (non-hydrogen) atoms. The number of hydrogen-bond donors (Lipinski definition) is 2. The van der Waals surface area contributed by atoms with Crippen LogP contribution in [0, 0.1) is 5.92 Å². The zero-order valence-corrected chi connectivity index (χ0v) is 12.7. The van der Waals surface area contributed by atoms with Crippen molar-refractivity contribution >= 4 is 27.7 Å². The second kappa shape index (κ2) is 7.89. The molecule has 0 saturated carbocycles. The van der Waals surface area contributed by atoms with Crippen LogP contribution in [0.3, 0.4) is 0 Å². The average Bonchev–Trinajstić information content (AvgIpc) is 2.37. The lowest BCUT2D eigenvalue weighted by molar-refractivity contribution is -0.121. The third-order valence-corrected chi connectivity index (χ3v) is 2.80. The van der Waals surface area contributed by atoms with Gasteiger partial charge in [0.25, 0.3) is 5.91 Å². The number of nitrogens with one attached hydrogen (secondary N) is 2. The molecule has 1 aromatic rings. The highest BCUT2D eigenvalue weighted by molar-refractivity contribution is 9.10. The van der Waals surface area contributed by atoms with Crippen molar-refractivity contribution in [3.63, 3.8) is 0 Å². The lowest BCUT2D eigenvalue weighted by Crippen LogP contribution is -2.32. The van der Waals surface area contributed by atoms with Crippen molar-refractivity contribution in [3.05, 3.63) is 28.5 Å². The molecule has 0 aliphatic heterocycles. The molecule has 0 aliphatic rings. The second-order valence-corrected chi connectivity index (χ2v) is 5.39. The minimum atomic E-state index is -0.225. The van der Waals surface area contributed by atoms with Crippen LogP contribution in [0.25, 0.3) is 0 Å². The van der Waals surface area contributed by atoms with E-state index < -0.39 is 0 Å². The standard InChI is InChI=1S/C13H18BrN3O2/c1-9(2)7-17-12(18)5-6-15-13(19)10-3-4-11(14)16-8-10/h3-4,8-9H,5-7H2,1-2H3,(H,15,19)(H,17,18). The number of pyridine rings is 1. The number of amides is 2. The van der Waals surface area contributed by atoms with Gasteiger partial charge < -0.3 is 10.6 Å². The molecule has 2 amide bonds. The Kier molecular flexibility index (Phi) is 6.49. The van der Waals surface area contributed by atoms with Gasteiger partial charge in [0.1, 0.15) is 4.60 Å². The molecule has 0 unspecified atom stereocenters. The van der Waals surface area contributed by atoms with Crippen LogP contribution < -0.4 is 10.6 Å². The van der Waals surface area contributed by atoms with Gasteiger partial charge in [-0.1, -0.05) is 13.8 Å². The van der Waals surface area contributed by atoms with Crippen LogP contribution in [0.5, 0.6) is 0 Å². The van der Waals surface area contributed by atoms with Gasteiger partial charge in [-0.2, -0.15) is 0 Å². The Morgan fingerprint density at radius 2 is 2.05 bits per heavy atom. The number of carbonyl (C=O) groups excluding carboxylic acids is 2. The highest BCUT2D eigenvalue weighted by atomic mass is 79.9. The van der Waals surface area contributed by atoms with E-state index in [1.807, 2.05) is 13.8 Å². The minimum absolute atomic E-state index is 0.0528. The van der Waals surface area contributed by atoms with Crippen LogP contribution in [-0.4, -0.2) is 29.9 Å². The first-order valence-electron chi connectivity index (χ1n) is 6.15. The van der Waals surface area contributed by atoms with Crippen LogP contribution in [0.4, 0.5) is 0 Å². The molecule has 1 heterocycles. The van der Waals surface area contributed by atoms with E-state index in [1.165, 1.54) is 6.20 Å². The SMILES string of the molecule is CC(C)CNC(=O)CCNC(=O)c1ccc(Br)nc1. The lowest BCUT2D eigenvalue weighted by Gasteiger charge is -2.08. The quantitative estimate of drug-likeness (QED) is 0.782. The summed E-state index contributed by atoms with van der Waals surface area (Å²) in [6.07, 6.45) is 1.76. The van der Waals surface area contributed by atoms with Gasteiger partial charge in [-0.15, -0.1) is 0 Å². The van der Waals surface area contributed by atoms with Crippen molar-refractivity contribution in [2.24, 2.45) is 5.92 Å². The molecule has 0 atom stereocenters. The molecule has 1 aromatic heterocycles. The lowest BCUT2D eigenvalue weighted by atomic mass is 10.2. The van der Waals surface area contributed by atoms with Crippen molar-refractivity contribution in [2.45, 2.75) is 20.3 Å². The Labute approximate surface area is 121 Å². The number of halogens is 1. The first-order valence-corrected chi connectivity index (χ1v) is 6.95. The summed E-state index contributed by atoms with van der Waals surface area (Å²) in [5.41, 5.74) is 0.478. The van der Waals surface area contributed by atoms with E-state index in [2.05, 4.69) is 31.5 Å². The van der Waals surface area contributed by atoms with E-state index in [9.17, 15) is 9.59 Å². The maximum atomic E-state index is 11.7. The van der Waals surface area contributed by atoms with Crippen molar-refractivity contribution in [1.29, 1.82) is 0 Å². The highest BCUT2D eigenvalue weighted by Crippen LogP contribution is 2.05. The minimum Gasteiger partial charge on any atom is -0.356 e. The molecule has 2 N–H and O–H groups in total. The normalized spacial score (nSPS) is 10.3. The molecule has 0 aromatic carbocycles. The maximum Gasteiger partial charge on any atom is 0.252 e. The molecule has 0 radical (unpaired) electrons. The fourth-order valence-corrected chi connectivity index (χ4v) is 1.54. The van der Waals surface area contributed by atoms with Crippen LogP contribution >= 0.6 is 15.9 Å². The molecule has 104 valence electrons. The summed E-state index contributed by atoms with van der Waals surface area (Å²) >= 11 is 3.20. The van der Waals surface area contributed by atoms with Crippen molar-refractivity contribution in [1.82, 2.24) is 15.6 Å². The van der Waals surface area contributed by atoms with Crippen LogP contribution in [0.2, 0.25) is 0 Å². The van der Waals surface area contributed by atoms with E-state index in [1.54, 1.807) is 12.1 Å². The molecule has 0 saturated heterocycles. The highest BCUT2D eigenvalue weighted by Gasteiger charge is 2.07. The van der Waals surface area contributed by atoms with Gasteiger partial charge in [0.2, 0.25) is 5.91 Å². The van der Waals surface area contributed by atoms with Crippen LogP contribution in [-0.2, 0) is 4.79 Å². The van der Waals surface area contributed by atoms with E-state index in [4.69, 9.17) is 0 Å². The van der Waals surface area contributed by atoms with Crippen LogP contribution in [0.1, 0.15) is 30.6 Å². The summed E-state index contributed by atoms with van der Waals surface area (Å²) in [6, 6.07) is 3.37. The smallest absolute Gasteiger partial charge is 0.252 e. The second-order valence-electron chi connectivity index (χ2n) is 4.57. The van der Waals surface area contributed by atoms with E-state index >= 15 is 0 Å². The zero-order chi connectivity index (χ0) is 14.3. The number of aromatic nitrogens is 1. The molecule has 0 fully saturated rings. The molecule has 0 spiro atoms. The predicted octanol–water partition coefficient (Wildman–Crippen LogP) is 1.74. The van der Waals surface area contributed by atoms with Gasteiger partial charge in [0.05, 0.1) is 5.56 Å². The maximum absolute atomic E-state index is 11.7. The van der Waals surface area contributed by atoms with Crippen molar-refractivity contribution in [2.75, 3.05) is 13.1 Å². The summed E-state index contributed by atoms with van der Waals surface area (Å²) in [4.78, 5) is 27.1. The Hall–Kier alpha value is -1.43. The van der Waals surface area contributed by atoms with Crippen molar-refractivity contribution in [3.8, 4) is 0 Å². The first-order chi connectivity index (χ1) is 8.99. The summed E-state index contributed by atoms with van der Waals surface area (Å²) in [5.74, 6) is 0.145. The number of rotatable bonds is 6. The van der Waals surface area contributed by atoms with Gasteiger partial charge in [-0.3, -0.25) is 9.59 Å². The fraction of sp³-hybridized carbons (Fsp3) is 0.462. The van der Waals surface area contributed by atoms with Crippen molar-refractivity contribution < 1.29 is 9.59 Å². The fourth-order valence-electron chi connectivity index (χ4n) is 1.31. The summed E-state index contributed by atoms with van der Waals surface area (Å²) in [6.45, 7) is 5.04. The summed E-state index contributed by atoms with van der Waals surface area (Å²) < 4.78 is 0.678. The van der Waals surface area contributed by atoms with Crippen LogP contribution in [0.15, 0.2) is 22.9 Å². The summed E-state index contributed by atoms with van der Waals surface area (Å²) in [7, 11) is 0. The summed E-state index contributed by atoms with van der Waals surface area (Å²) in [5, 5.41) is 5.48. The Morgan fingerprint density at radius 3 is 2.63 bits per heavy atom. The van der Waals surface area contributed by atoms with Gasteiger partial charge in [-0.05, 0) is 34.0 Å². The molecular weight excluding hydrogens is 310 g/mol. The largest absolute Gasteiger partial charge is 0.356 e. The molecule has 0 aliphatic carbocycles. The Bertz CT molecular complexity index is 432. The third-order valence-electron chi connectivity index (χ3n) is 2.33. The van der Waals surface area contributed by atoms with E-state index in [0.29, 0.717) is 29.2 Å².